The number of alkyl carbamates (subject to hydrolysis) is 1. The second kappa shape index (κ2) is 1.85. The molecule has 0 spiro atoms. The molecule has 2 rings (SSSR count). The van der Waals surface area contributed by atoms with E-state index in [1.54, 1.807) is 0 Å². The molecule has 2 heterocycles. The molecule has 4 nitrogen and oxygen atoms in total. The Morgan fingerprint density at radius 3 is 3.20 bits per heavy atom. The van der Waals surface area contributed by atoms with E-state index in [0.29, 0.717) is 0 Å². The Balaban J connectivity index is 2.06. The Labute approximate surface area is 59.1 Å². The van der Waals surface area contributed by atoms with Crippen molar-refractivity contribution >= 4 is 6.09 Å². The number of likely N-dealkylation sites (tertiary alicyclic amines) is 1. The van der Waals surface area contributed by atoms with E-state index in [1.165, 1.54) is 0 Å². The van der Waals surface area contributed by atoms with Crippen LogP contribution in [0.1, 0.15) is 0 Å². The zero-order valence-electron chi connectivity index (χ0n) is 5.83. The zero-order chi connectivity index (χ0) is 7.14. The Kier molecular flexibility index (Phi) is 1.11. The maximum atomic E-state index is 10.6. The fraction of sp³-hybridized carbons (Fsp3) is 0.833. The van der Waals surface area contributed by atoms with Crippen molar-refractivity contribution in [1.29, 1.82) is 0 Å². The van der Waals surface area contributed by atoms with E-state index in [0.717, 1.165) is 13.1 Å². The summed E-state index contributed by atoms with van der Waals surface area (Å²) in [7, 11) is 2.02. The summed E-state index contributed by atoms with van der Waals surface area (Å²) in [6.07, 6.45) is -0.166. The molecule has 2 atom stereocenters. The highest BCUT2D eigenvalue weighted by atomic mass is 16.6. The van der Waals surface area contributed by atoms with E-state index in [1.807, 2.05) is 7.05 Å². The van der Waals surface area contributed by atoms with Gasteiger partial charge in [-0.05, 0) is 7.05 Å². The predicted molar refractivity (Wildman–Crippen MR) is 34.7 cm³/mol. The largest absolute Gasteiger partial charge is 0.443 e. The lowest BCUT2D eigenvalue weighted by Crippen LogP contribution is -2.31. The van der Waals surface area contributed by atoms with Crippen molar-refractivity contribution in [2.24, 2.45) is 0 Å². The molecule has 0 aromatic heterocycles. The monoisotopic (exact) mass is 142 g/mol. The van der Waals surface area contributed by atoms with Gasteiger partial charge in [0.1, 0.15) is 6.10 Å². The summed E-state index contributed by atoms with van der Waals surface area (Å²) in [5.41, 5.74) is 0. The average Bonchev–Trinajstić information content (AvgIpc) is 2.21. The smallest absolute Gasteiger partial charge is 0.407 e. The van der Waals surface area contributed by atoms with E-state index in [2.05, 4.69) is 10.2 Å². The predicted octanol–water partition coefficient (Wildman–Crippen LogP) is -0.591. The Bertz CT molecular complexity index is 155. The van der Waals surface area contributed by atoms with Crippen LogP contribution in [-0.2, 0) is 4.74 Å². The number of rotatable bonds is 0. The van der Waals surface area contributed by atoms with Crippen LogP contribution >= 0.6 is 0 Å². The number of nitrogens with one attached hydrogen (secondary N) is 1. The third-order valence-electron chi connectivity index (χ3n) is 2.01. The van der Waals surface area contributed by atoms with Gasteiger partial charge in [-0.2, -0.15) is 0 Å². The molecule has 2 unspecified atom stereocenters. The van der Waals surface area contributed by atoms with Gasteiger partial charge in [0.15, 0.2) is 0 Å². The highest BCUT2D eigenvalue weighted by molar-refractivity contribution is 5.70. The normalized spacial score (nSPS) is 39.1. The number of likely N-dealkylation sites (N-methyl/N-ethyl adjacent to an activating group) is 1. The van der Waals surface area contributed by atoms with Crippen molar-refractivity contribution in [3.63, 3.8) is 0 Å². The minimum atomic E-state index is -0.261. The highest BCUT2D eigenvalue weighted by Crippen LogP contribution is 2.16. The standard InChI is InChI=1S/C6H10N2O2/c1-8-2-4-5(3-8)10-6(9)7-4/h4-5H,2-3H2,1H3,(H,7,9). The average molecular weight is 142 g/mol. The van der Waals surface area contributed by atoms with Gasteiger partial charge < -0.3 is 15.0 Å². The number of nitrogens with zero attached hydrogens (tertiary/aromatic N) is 1. The van der Waals surface area contributed by atoms with Crippen LogP contribution in [-0.4, -0.2) is 43.3 Å². The third-order valence-corrected chi connectivity index (χ3v) is 2.01. The summed E-state index contributed by atoms with van der Waals surface area (Å²) in [6.45, 7) is 1.78. The summed E-state index contributed by atoms with van der Waals surface area (Å²) in [6, 6.07) is 0.234. The molecule has 0 aromatic carbocycles. The summed E-state index contributed by atoms with van der Waals surface area (Å²) in [5, 5.41) is 2.74. The van der Waals surface area contributed by atoms with Gasteiger partial charge in [-0.15, -0.1) is 0 Å². The molecule has 56 valence electrons. The number of hydrogen-bond donors (Lipinski definition) is 1. The zero-order valence-corrected chi connectivity index (χ0v) is 5.83. The molecule has 2 aliphatic rings. The quantitative estimate of drug-likeness (QED) is 0.491. The maximum absolute atomic E-state index is 10.6. The SMILES string of the molecule is CN1CC2NC(=O)OC2C1. The van der Waals surface area contributed by atoms with Crippen LogP contribution in [0.15, 0.2) is 0 Å². The highest BCUT2D eigenvalue weighted by Gasteiger charge is 2.40. The van der Waals surface area contributed by atoms with Gasteiger partial charge >= 0.3 is 6.09 Å². The first-order valence-corrected chi connectivity index (χ1v) is 3.41. The number of ether oxygens (including phenoxy) is 1. The van der Waals surface area contributed by atoms with E-state index >= 15 is 0 Å². The van der Waals surface area contributed by atoms with Crippen LogP contribution in [0.2, 0.25) is 0 Å². The molecule has 0 saturated carbocycles. The number of carbonyl (C=O) groups is 1. The second-order valence-electron chi connectivity index (χ2n) is 2.92. The molecule has 4 heteroatoms. The first-order valence-electron chi connectivity index (χ1n) is 3.41. The number of hydrogen-bond acceptors (Lipinski definition) is 3. The van der Waals surface area contributed by atoms with Crippen LogP contribution in [0.4, 0.5) is 4.79 Å². The lowest BCUT2D eigenvalue weighted by atomic mass is 10.2. The molecule has 0 aliphatic carbocycles. The lowest BCUT2D eigenvalue weighted by molar-refractivity contribution is 0.134. The van der Waals surface area contributed by atoms with E-state index in [4.69, 9.17) is 4.74 Å². The van der Waals surface area contributed by atoms with E-state index in [-0.39, 0.29) is 18.2 Å². The maximum Gasteiger partial charge on any atom is 0.407 e. The molecule has 2 saturated heterocycles. The van der Waals surface area contributed by atoms with Gasteiger partial charge in [-0.25, -0.2) is 4.79 Å². The molecule has 1 amide bonds. The minimum absolute atomic E-state index is 0.0949. The molecule has 0 bridgehead atoms. The molecule has 0 aromatic rings. The number of amides is 1. The molecule has 0 radical (unpaired) electrons. The lowest BCUT2D eigenvalue weighted by Gasteiger charge is -2.06. The molecule has 1 N–H and O–H groups in total. The summed E-state index contributed by atoms with van der Waals surface area (Å²) in [4.78, 5) is 12.8. The molecule has 2 aliphatic heterocycles. The second-order valence-corrected chi connectivity index (χ2v) is 2.92. The van der Waals surface area contributed by atoms with E-state index < -0.39 is 0 Å². The van der Waals surface area contributed by atoms with Crippen molar-refractivity contribution in [3.05, 3.63) is 0 Å². The van der Waals surface area contributed by atoms with Crippen molar-refractivity contribution < 1.29 is 9.53 Å². The fourth-order valence-corrected chi connectivity index (χ4v) is 1.54. The van der Waals surface area contributed by atoms with Crippen molar-refractivity contribution in [1.82, 2.24) is 10.2 Å². The Morgan fingerprint density at radius 2 is 2.50 bits per heavy atom. The Hall–Kier alpha value is -0.770. The fourth-order valence-electron chi connectivity index (χ4n) is 1.54. The van der Waals surface area contributed by atoms with Gasteiger partial charge in [-0.3, -0.25) is 0 Å². The minimum Gasteiger partial charge on any atom is -0.443 e. The third kappa shape index (κ3) is 0.759. The van der Waals surface area contributed by atoms with Crippen LogP contribution in [0.25, 0.3) is 0 Å². The van der Waals surface area contributed by atoms with Gasteiger partial charge in [0.05, 0.1) is 6.04 Å². The molecular weight excluding hydrogens is 132 g/mol. The van der Waals surface area contributed by atoms with Crippen molar-refractivity contribution in [3.8, 4) is 0 Å². The summed E-state index contributed by atoms with van der Waals surface area (Å²) >= 11 is 0. The molecule has 2 fully saturated rings. The van der Waals surface area contributed by atoms with Crippen LogP contribution < -0.4 is 5.32 Å². The van der Waals surface area contributed by atoms with Crippen LogP contribution in [0, 0.1) is 0 Å². The van der Waals surface area contributed by atoms with Crippen molar-refractivity contribution in [2.45, 2.75) is 12.1 Å². The Morgan fingerprint density at radius 1 is 1.70 bits per heavy atom. The van der Waals surface area contributed by atoms with Gasteiger partial charge in [0.25, 0.3) is 0 Å². The van der Waals surface area contributed by atoms with Crippen LogP contribution in [0.5, 0.6) is 0 Å². The first-order chi connectivity index (χ1) is 4.75. The summed E-state index contributed by atoms with van der Waals surface area (Å²) < 4.78 is 4.96. The van der Waals surface area contributed by atoms with Crippen molar-refractivity contribution in [2.75, 3.05) is 20.1 Å². The van der Waals surface area contributed by atoms with Gasteiger partial charge in [-0.1, -0.05) is 0 Å². The molecule has 10 heavy (non-hydrogen) atoms. The number of fused-ring (bicyclic) bond motifs is 1. The van der Waals surface area contributed by atoms with Gasteiger partial charge in [0.2, 0.25) is 0 Å². The van der Waals surface area contributed by atoms with Gasteiger partial charge in [0, 0.05) is 13.1 Å². The van der Waals surface area contributed by atoms with E-state index in [9.17, 15) is 4.79 Å². The molecular formula is C6H10N2O2. The first kappa shape index (κ1) is 5.97. The summed E-state index contributed by atoms with van der Waals surface area (Å²) in [5.74, 6) is 0. The topological polar surface area (TPSA) is 41.6 Å². The number of carbonyl (C=O) groups excluding carboxylic acids is 1. The van der Waals surface area contributed by atoms with Crippen LogP contribution in [0.3, 0.4) is 0 Å².